The van der Waals surface area contributed by atoms with Crippen molar-refractivity contribution in [3.63, 3.8) is 0 Å². The summed E-state index contributed by atoms with van der Waals surface area (Å²) in [6.45, 7) is 19.7. The highest BCUT2D eigenvalue weighted by Gasteiger charge is 2.41. The number of nitrogens with zero attached hydrogens (tertiary/aromatic N) is 2. The maximum Gasteiger partial charge on any atom is 0.0712 e. The van der Waals surface area contributed by atoms with Gasteiger partial charge in [-0.25, -0.2) is 0 Å². The fraction of sp³-hybridized carbons (Fsp3) is 0.300. The van der Waals surface area contributed by atoms with Crippen LogP contribution in [0.3, 0.4) is 0 Å². The number of hydrogen-bond acceptors (Lipinski definition) is 2. The van der Waals surface area contributed by atoms with Crippen LogP contribution in [-0.2, 0) is 5.41 Å². The van der Waals surface area contributed by atoms with E-state index in [1.54, 1.807) is 0 Å². The van der Waals surface area contributed by atoms with E-state index in [0.29, 0.717) is 0 Å². The van der Waals surface area contributed by atoms with Crippen molar-refractivity contribution in [1.82, 2.24) is 0 Å². The Morgan fingerprint density at radius 2 is 1.00 bits per heavy atom. The third kappa shape index (κ3) is 5.09. The summed E-state index contributed by atoms with van der Waals surface area (Å²) in [5.74, 6) is 0. The Labute approximate surface area is 253 Å². The van der Waals surface area contributed by atoms with Crippen LogP contribution in [-0.4, -0.2) is 26.2 Å². The molecule has 0 amide bonds. The maximum absolute atomic E-state index is 2.44. The largest absolute Gasteiger partial charge is 0.372 e. The van der Waals surface area contributed by atoms with Gasteiger partial charge in [0.2, 0.25) is 0 Å². The van der Waals surface area contributed by atoms with Gasteiger partial charge in [0, 0.05) is 37.6 Å². The van der Waals surface area contributed by atoms with Crippen LogP contribution in [0.15, 0.2) is 103 Å². The van der Waals surface area contributed by atoms with Crippen LogP contribution in [0, 0.1) is 20.8 Å². The zero-order chi connectivity index (χ0) is 29.9. The molecule has 2 nitrogen and oxygen atoms in total. The van der Waals surface area contributed by atoms with E-state index in [2.05, 4.69) is 161 Å². The topological polar surface area (TPSA) is 6.48 Å². The highest BCUT2D eigenvalue weighted by atomic mass is 15.1. The fourth-order valence-electron chi connectivity index (χ4n) is 6.97. The van der Waals surface area contributed by atoms with Crippen molar-refractivity contribution in [1.29, 1.82) is 0 Å². The number of hydrogen-bond donors (Lipinski definition) is 0. The van der Waals surface area contributed by atoms with E-state index in [1.807, 2.05) is 0 Å². The molecule has 0 aliphatic rings. The van der Waals surface area contributed by atoms with E-state index in [-0.39, 0.29) is 0 Å². The van der Waals surface area contributed by atoms with Gasteiger partial charge in [-0.1, -0.05) is 84.4 Å². The first-order valence-corrected chi connectivity index (χ1v) is 15.7. The van der Waals surface area contributed by atoms with E-state index in [4.69, 9.17) is 0 Å². The summed E-state index contributed by atoms with van der Waals surface area (Å²) >= 11 is 0. The van der Waals surface area contributed by atoms with Gasteiger partial charge in [0.05, 0.1) is 5.41 Å². The standard InChI is InChI=1S/C40H46N2/c1-8-41(9-2)34-23-25-37(30(6)27-34)40(33-21-19-29(5)20-22-33,39-18-14-16-32-15-12-13-17-36(32)39)38-26-24-35(28-31(38)7)42(10-3)11-4/h12-28H,8-11H2,1-7H3. The van der Waals surface area contributed by atoms with Crippen LogP contribution in [0.4, 0.5) is 11.4 Å². The molecule has 0 radical (unpaired) electrons. The molecule has 0 atom stereocenters. The van der Waals surface area contributed by atoms with Crippen molar-refractivity contribution in [2.24, 2.45) is 0 Å². The van der Waals surface area contributed by atoms with Crippen molar-refractivity contribution >= 4 is 22.1 Å². The van der Waals surface area contributed by atoms with Crippen LogP contribution in [0.25, 0.3) is 10.8 Å². The minimum atomic E-state index is -0.508. The molecule has 5 aromatic rings. The Bertz CT molecular complexity index is 1590. The molecule has 0 fully saturated rings. The predicted molar refractivity (Wildman–Crippen MR) is 184 cm³/mol. The summed E-state index contributed by atoms with van der Waals surface area (Å²) in [5.41, 5.74) is 11.2. The van der Waals surface area contributed by atoms with E-state index in [0.717, 1.165) is 26.2 Å². The first-order valence-electron chi connectivity index (χ1n) is 15.7. The smallest absolute Gasteiger partial charge is 0.0712 e. The predicted octanol–water partition coefficient (Wildman–Crippen LogP) is 9.84. The second-order valence-electron chi connectivity index (χ2n) is 11.5. The van der Waals surface area contributed by atoms with E-state index < -0.39 is 5.41 Å². The molecule has 0 spiro atoms. The number of anilines is 2. The van der Waals surface area contributed by atoms with E-state index >= 15 is 0 Å². The molecule has 0 unspecified atom stereocenters. The lowest BCUT2D eigenvalue weighted by Crippen LogP contribution is -2.33. The Hall–Kier alpha value is -4.04. The monoisotopic (exact) mass is 554 g/mol. The van der Waals surface area contributed by atoms with Crippen LogP contribution in [0.2, 0.25) is 0 Å². The van der Waals surface area contributed by atoms with Crippen LogP contribution in [0.1, 0.15) is 66.6 Å². The second-order valence-corrected chi connectivity index (χ2v) is 11.5. The molecule has 0 bridgehead atoms. The van der Waals surface area contributed by atoms with Crippen LogP contribution in [0.5, 0.6) is 0 Å². The number of rotatable bonds is 10. The Balaban J connectivity index is 1.94. The van der Waals surface area contributed by atoms with Gasteiger partial charge in [-0.2, -0.15) is 0 Å². The summed E-state index contributed by atoms with van der Waals surface area (Å²) in [4.78, 5) is 4.87. The molecule has 0 N–H and O–H groups in total. The zero-order valence-electron chi connectivity index (χ0n) is 26.5. The summed E-state index contributed by atoms with van der Waals surface area (Å²) in [6, 6.07) is 39.2. The Morgan fingerprint density at radius 3 is 1.50 bits per heavy atom. The lowest BCUT2D eigenvalue weighted by atomic mass is 9.62. The highest BCUT2D eigenvalue weighted by molar-refractivity contribution is 5.89. The minimum Gasteiger partial charge on any atom is -0.372 e. The molecule has 0 saturated heterocycles. The molecule has 0 heterocycles. The van der Waals surface area contributed by atoms with Crippen molar-refractivity contribution in [2.75, 3.05) is 36.0 Å². The number of aryl methyl sites for hydroxylation is 3. The average molecular weight is 555 g/mol. The highest BCUT2D eigenvalue weighted by Crippen LogP contribution is 2.50. The van der Waals surface area contributed by atoms with E-state index in [9.17, 15) is 0 Å². The normalized spacial score (nSPS) is 11.6. The lowest BCUT2D eigenvalue weighted by molar-refractivity contribution is 0.736. The molecule has 5 rings (SSSR count). The summed E-state index contributed by atoms with van der Waals surface area (Å²) in [7, 11) is 0. The maximum atomic E-state index is 2.44. The Morgan fingerprint density at radius 1 is 0.500 bits per heavy atom. The molecular weight excluding hydrogens is 508 g/mol. The van der Waals surface area contributed by atoms with Crippen molar-refractivity contribution in [3.05, 3.63) is 142 Å². The third-order valence-electron chi connectivity index (χ3n) is 9.16. The van der Waals surface area contributed by atoms with Crippen LogP contribution >= 0.6 is 0 Å². The Kier molecular flexibility index (Phi) is 8.73. The second kappa shape index (κ2) is 12.4. The van der Waals surface area contributed by atoms with Gasteiger partial charge >= 0.3 is 0 Å². The van der Waals surface area contributed by atoms with Gasteiger partial charge in [0.15, 0.2) is 0 Å². The van der Waals surface area contributed by atoms with Crippen molar-refractivity contribution < 1.29 is 0 Å². The quantitative estimate of drug-likeness (QED) is 0.159. The fourth-order valence-corrected chi connectivity index (χ4v) is 6.97. The molecule has 0 aliphatic heterocycles. The molecule has 42 heavy (non-hydrogen) atoms. The summed E-state index contributed by atoms with van der Waals surface area (Å²) < 4.78 is 0. The molecule has 2 heteroatoms. The van der Waals surface area contributed by atoms with Crippen molar-refractivity contribution in [3.8, 4) is 0 Å². The number of fused-ring (bicyclic) bond motifs is 1. The molecule has 0 aromatic heterocycles. The first kappa shape index (κ1) is 29.5. The lowest BCUT2D eigenvalue weighted by Gasteiger charge is -2.40. The van der Waals surface area contributed by atoms with Crippen molar-refractivity contribution in [2.45, 2.75) is 53.9 Å². The SMILES string of the molecule is CCN(CC)c1ccc(C(c2ccc(C)cc2)(c2ccc(N(CC)CC)cc2C)c2cccc3ccccc23)c(C)c1. The summed E-state index contributed by atoms with van der Waals surface area (Å²) in [6.07, 6.45) is 0. The molecule has 5 aromatic carbocycles. The van der Waals surface area contributed by atoms with Gasteiger partial charge < -0.3 is 9.80 Å². The van der Waals surface area contributed by atoms with Gasteiger partial charge in [-0.3, -0.25) is 0 Å². The van der Waals surface area contributed by atoms with Gasteiger partial charge in [0.1, 0.15) is 0 Å². The van der Waals surface area contributed by atoms with Gasteiger partial charge in [-0.15, -0.1) is 0 Å². The molecule has 0 saturated carbocycles. The first-order chi connectivity index (χ1) is 20.4. The third-order valence-corrected chi connectivity index (χ3v) is 9.16. The van der Waals surface area contributed by atoms with Crippen LogP contribution < -0.4 is 9.80 Å². The van der Waals surface area contributed by atoms with Gasteiger partial charge in [0.25, 0.3) is 0 Å². The van der Waals surface area contributed by atoms with Gasteiger partial charge in [-0.05, 0) is 117 Å². The number of benzene rings is 5. The van der Waals surface area contributed by atoms with E-state index in [1.165, 1.54) is 61.1 Å². The molecule has 0 aliphatic carbocycles. The molecular formula is C40H46N2. The summed E-state index contributed by atoms with van der Waals surface area (Å²) in [5, 5.41) is 2.56. The molecule has 216 valence electrons. The average Bonchev–Trinajstić information content (AvgIpc) is 3.01. The minimum absolute atomic E-state index is 0.508. The zero-order valence-corrected chi connectivity index (χ0v) is 26.5.